The first-order valence-corrected chi connectivity index (χ1v) is 8.93. The number of amides is 1. The molecule has 1 fully saturated rings. The fraction of sp³-hybridized carbons (Fsp3) is 0.350. The minimum Gasteiger partial charge on any atom is -0.379 e. The second-order valence-corrected chi connectivity index (χ2v) is 6.73. The number of hydrogen-bond donors (Lipinski definition) is 1. The molecule has 1 N–H and O–H groups in total. The maximum absolute atomic E-state index is 12.5. The van der Waals surface area contributed by atoms with Crippen LogP contribution in [0.5, 0.6) is 0 Å². The van der Waals surface area contributed by atoms with Crippen molar-refractivity contribution in [1.82, 2.24) is 10.2 Å². The van der Waals surface area contributed by atoms with Gasteiger partial charge in [-0.25, -0.2) is 0 Å². The SMILES string of the molecule is Cc1ccc(C(CNC(=O)c2cccc(Cl)c2)N2CCOCC2)cc1. The summed E-state index contributed by atoms with van der Waals surface area (Å²) in [4.78, 5) is 14.8. The van der Waals surface area contributed by atoms with Gasteiger partial charge in [0.05, 0.1) is 19.3 Å². The average Bonchev–Trinajstić information content (AvgIpc) is 2.64. The molecule has 1 saturated heterocycles. The van der Waals surface area contributed by atoms with Gasteiger partial charge >= 0.3 is 0 Å². The molecular formula is C20H23ClN2O2. The van der Waals surface area contributed by atoms with Crippen LogP contribution in [-0.4, -0.2) is 43.7 Å². The van der Waals surface area contributed by atoms with E-state index in [1.165, 1.54) is 11.1 Å². The minimum absolute atomic E-state index is 0.104. The molecule has 0 radical (unpaired) electrons. The Kier molecular flexibility index (Phi) is 6.08. The zero-order valence-electron chi connectivity index (χ0n) is 14.4. The van der Waals surface area contributed by atoms with Crippen LogP contribution in [0, 0.1) is 6.92 Å². The molecular weight excluding hydrogens is 336 g/mol. The zero-order chi connectivity index (χ0) is 17.6. The van der Waals surface area contributed by atoms with E-state index in [2.05, 4.69) is 41.4 Å². The van der Waals surface area contributed by atoms with Gasteiger partial charge in [0.25, 0.3) is 5.91 Å². The molecule has 1 amide bonds. The van der Waals surface area contributed by atoms with Crippen LogP contribution in [0.15, 0.2) is 48.5 Å². The highest BCUT2D eigenvalue weighted by Gasteiger charge is 2.23. The average molecular weight is 359 g/mol. The highest BCUT2D eigenvalue weighted by Crippen LogP contribution is 2.22. The molecule has 25 heavy (non-hydrogen) atoms. The van der Waals surface area contributed by atoms with E-state index in [0.29, 0.717) is 17.1 Å². The van der Waals surface area contributed by atoms with Crippen molar-refractivity contribution in [2.45, 2.75) is 13.0 Å². The summed E-state index contributed by atoms with van der Waals surface area (Å²) in [5.41, 5.74) is 3.02. The lowest BCUT2D eigenvalue weighted by Gasteiger charge is -2.35. The lowest BCUT2D eigenvalue weighted by atomic mass is 10.0. The quantitative estimate of drug-likeness (QED) is 0.890. The van der Waals surface area contributed by atoms with Gasteiger partial charge in [-0.1, -0.05) is 47.5 Å². The molecule has 0 aliphatic carbocycles. The van der Waals surface area contributed by atoms with Gasteiger partial charge in [-0.05, 0) is 30.7 Å². The van der Waals surface area contributed by atoms with E-state index in [4.69, 9.17) is 16.3 Å². The third-order valence-electron chi connectivity index (χ3n) is 4.49. The van der Waals surface area contributed by atoms with Crippen LogP contribution >= 0.6 is 11.6 Å². The first kappa shape index (κ1) is 17.9. The van der Waals surface area contributed by atoms with E-state index in [9.17, 15) is 4.79 Å². The number of rotatable bonds is 5. The second-order valence-electron chi connectivity index (χ2n) is 6.30. The van der Waals surface area contributed by atoms with Gasteiger partial charge in [0, 0.05) is 30.2 Å². The van der Waals surface area contributed by atoms with Crippen LogP contribution < -0.4 is 5.32 Å². The Hall–Kier alpha value is -1.88. The van der Waals surface area contributed by atoms with Gasteiger partial charge < -0.3 is 10.1 Å². The van der Waals surface area contributed by atoms with E-state index in [-0.39, 0.29) is 11.9 Å². The second kappa shape index (κ2) is 8.48. The number of halogens is 1. The Bertz CT molecular complexity index is 712. The molecule has 4 nitrogen and oxygen atoms in total. The summed E-state index contributed by atoms with van der Waals surface area (Å²) in [7, 11) is 0. The van der Waals surface area contributed by atoms with Crippen LogP contribution in [0.3, 0.4) is 0 Å². The van der Waals surface area contributed by atoms with E-state index < -0.39 is 0 Å². The molecule has 1 unspecified atom stereocenters. The lowest BCUT2D eigenvalue weighted by Crippen LogP contribution is -2.43. The molecule has 1 aliphatic heterocycles. The molecule has 2 aromatic carbocycles. The maximum Gasteiger partial charge on any atom is 0.251 e. The third kappa shape index (κ3) is 4.82. The number of carbonyl (C=O) groups excluding carboxylic acids is 1. The molecule has 1 aliphatic rings. The first-order valence-electron chi connectivity index (χ1n) is 8.55. The van der Waals surface area contributed by atoms with Crippen molar-refractivity contribution in [3.05, 3.63) is 70.2 Å². The maximum atomic E-state index is 12.5. The summed E-state index contributed by atoms with van der Waals surface area (Å²) in [5.74, 6) is -0.104. The summed E-state index contributed by atoms with van der Waals surface area (Å²) in [5, 5.41) is 3.62. The number of ether oxygens (including phenoxy) is 1. The number of carbonyl (C=O) groups is 1. The van der Waals surface area contributed by atoms with Crippen LogP contribution in [0.1, 0.15) is 27.5 Å². The Morgan fingerprint density at radius 2 is 1.92 bits per heavy atom. The minimum atomic E-state index is -0.104. The predicted octanol–water partition coefficient (Wildman–Crippen LogP) is 3.45. The number of aryl methyl sites for hydroxylation is 1. The molecule has 1 heterocycles. The topological polar surface area (TPSA) is 41.6 Å². The van der Waals surface area contributed by atoms with Crippen molar-refractivity contribution in [3.63, 3.8) is 0 Å². The first-order chi connectivity index (χ1) is 12.1. The van der Waals surface area contributed by atoms with Crippen LogP contribution in [-0.2, 0) is 4.74 Å². The summed E-state index contributed by atoms with van der Waals surface area (Å²) < 4.78 is 5.47. The van der Waals surface area contributed by atoms with Gasteiger partial charge in [-0.15, -0.1) is 0 Å². The number of morpholine rings is 1. The number of hydrogen-bond acceptors (Lipinski definition) is 3. The van der Waals surface area contributed by atoms with E-state index in [0.717, 1.165) is 26.3 Å². The van der Waals surface area contributed by atoms with Crippen molar-refractivity contribution < 1.29 is 9.53 Å². The Morgan fingerprint density at radius 1 is 1.20 bits per heavy atom. The van der Waals surface area contributed by atoms with E-state index in [1.807, 2.05) is 0 Å². The van der Waals surface area contributed by atoms with Crippen molar-refractivity contribution >= 4 is 17.5 Å². The van der Waals surface area contributed by atoms with Crippen LogP contribution in [0.4, 0.5) is 0 Å². The summed E-state index contributed by atoms with van der Waals surface area (Å²) in [6, 6.07) is 15.7. The van der Waals surface area contributed by atoms with E-state index >= 15 is 0 Å². The molecule has 0 aromatic heterocycles. The van der Waals surface area contributed by atoms with Gasteiger partial charge in [-0.3, -0.25) is 9.69 Å². The summed E-state index contributed by atoms with van der Waals surface area (Å²) in [6.07, 6.45) is 0. The summed E-state index contributed by atoms with van der Waals surface area (Å²) in [6.45, 7) is 5.81. The van der Waals surface area contributed by atoms with Gasteiger partial charge in [0.2, 0.25) is 0 Å². The normalized spacial score (nSPS) is 16.4. The predicted molar refractivity (Wildman–Crippen MR) is 100 cm³/mol. The highest BCUT2D eigenvalue weighted by atomic mass is 35.5. The fourth-order valence-electron chi connectivity index (χ4n) is 3.06. The van der Waals surface area contributed by atoms with E-state index in [1.54, 1.807) is 24.3 Å². The number of benzene rings is 2. The van der Waals surface area contributed by atoms with Crippen molar-refractivity contribution in [2.75, 3.05) is 32.8 Å². The third-order valence-corrected chi connectivity index (χ3v) is 4.73. The lowest BCUT2D eigenvalue weighted by molar-refractivity contribution is 0.0162. The molecule has 2 aromatic rings. The Balaban J connectivity index is 1.73. The molecule has 0 spiro atoms. The van der Waals surface area contributed by atoms with Crippen LogP contribution in [0.2, 0.25) is 5.02 Å². The number of nitrogens with one attached hydrogen (secondary N) is 1. The Labute approximate surface area is 153 Å². The van der Waals surface area contributed by atoms with Gasteiger partial charge in [-0.2, -0.15) is 0 Å². The largest absolute Gasteiger partial charge is 0.379 e. The Morgan fingerprint density at radius 3 is 2.60 bits per heavy atom. The van der Waals surface area contributed by atoms with Gasteiger partial charge in [0.1, 0.15) is 0 Å². The highest BCUT2D eigenvalue weighted by molar-refractivity contribution is 6.30. The van der Waals surface area contributed by atoms with Crippen molar-refractivity contribution in [3.8, 4) is 0 Å². The molecule has 5 heteroatoms. The molecule has 0 saturated carbocycles. The zero-order valence-corrected chi connectivity index (χ0v) is 15.1. The van der Waals surface area contributed by atoms with Crippen LogP contribution in [0.25, 0.3) is 0 Å². The fourth-order valence-corrected chi connectivity index (χ4v) is 3.25. The van der Waals surface area contributed by atoms with Crippen molar-refractivity contribution in [2.24, 2.45) is 0 Å². The smallest absolute Gasteiger partial charge is 0.251 e. The van der Waals surface area contributed by atoms with Gasteiger partial charge in [0.15, 0.2) is 0 Å². The van der Waals surface area contributed by atoms with Crippen molar-refractivity contribution in [1.29, 1.82) is 0 Å². The molecule has 1 atom stereocenters. The standard InChI is InChI=1S/C20H23ClN2O2/c1-15-5-7-16(8-6-15)19(23-9-11-25-12-10-23)14-22-20(24)17-3-2-4-18(21)13-17/h2-8,13,19H,9-12,14H2,1H3,(H,22,24). The number of nitrogens with zero attached hydrogens (tertiary/aromatic N) is 1. The molecule has 132 valence electrons. The summed E-state index contributed by atoms with van der Waals surface area (Å²) >= 11 is 5.98. The molecule has 3 rings (SSSR count). The monoisotopic (exact) mass is 358 g/mol. The molecule has 0 bridgehead atoms.